The first-order valence-electron chi connectivity index (χ1n) is 4.58. The highest BCUT2D eigenvalue weighted by Crippen LogP contribution is 2.48. The Morgan fingerprint density at radius 2 is 2.29 bits per heavy atom. The van der Waals surface area contributed by atoms with Gasteiger partial charge in [0.1, 0.15) is 5.82 Å². The van der Waals surface area contributed by atoms with Crippen molar-refractivity contribution in [1.29, 1.82) is 0 Å². The van der Waals surface area contributed by atoms with Gasteiger partial charge in [0.2, 0.25) is 0 Å². The molecular weight excluding hydrogens is 183 g/mol. The average molecular weight is 194 g/mol. The molecule has 3 heteroatoms. The predicted molar refractivity (Wildman–Crippen MR) is 49.6 cm³/mol. The van der Waals surface area contributed by atoms with Crippen molar-refractivity contribution in [2.45, 2.75) is 19.3 Å². The van der Waals surface area contributed by atoms with Crippen LogP contribution in [-0.4, -0.2) is 11.1 Å². The van der Waals surface area contributed by atoms with Crippen LogP contribution < -0.4 is 0 Å². The molecule has 2 atom stereocenters. The Kier molecular flexibility index (Phi) is 2.02. The Morgan fingerprint density at radius 1 is 1.57 bits per heavy atom. The smallest absolute Gasteiger partial charge is 0.307 e. The van der Waals surface area contributed by atoms with Gasteiger partial charge in [0, 0.05) is 0 Å². The molecule has 74 valence electrons. The molecule has 1 saturated carbocycles. The third-order valence-corrected chi connectivity index (χ3v) is 2.74. The third kappa shape index (κ3) is 1.50. The average Bonchev–Trinajstić information content (AvgIpc) is 2.83. The number of halogens is 1. The van der Waals surface area contributed by atoms with Crippen LogP contribution in [0, 0.1) is 18.7 Å². The quantitative estimate of drug-likeness (QED) is 0.784. The summed E-state index contributed by atoms with van der Waals surface area (Å²) in [5, 5.41) is 8.76. The highest BCUT2D eigenvalue weighted by molar-refractivity contribution is 5.75. The summed E-state index contributed by atoms with van der Waals surface area (Å²) in [5.41, 5.74) is 1.82. The topological polar surface area (TPSA) is 37.3 Å². The number of carboxylic acids is 1. The lowest BCUT2D eigenvalue weighted by Crippen LogP contribution is -1.99. The molecule has 0 aromatic heterocycles. The molecule has 1 fully saturated rings. The van der Waals surface area contributed by atoms with E-state index in [0.717, 1.165) is 11.1 Å². The van der Waals surface area contributed by atoms with Crippen LogP contribution in [-0.2, 0) is 4.79 Å². The first-order chi connectivity index (χ1) is 6.59. The molecule has 0 aliphatic heterocycles. The van der Waals surface area contributed by atoms with E-state index in [1.807, 2.05) is 6.92 Å². The zero-order valence-electron chi connectivity index (χ0n) is 7.83. The zero-order valence-corrected chi connectivity index (χ0v) is 7.83. The van der Waals surface area contributed by atoms with Crippen LogP contribution in [0.1, 0.15) is 23.5 Å². The molecule has 0 heterocycles. The molecule has 2 rings (SSSR count). The fourth-order valence-electron chi connectivity index (χ4n) is 1.87. The van der Waals surface area contributed by atoms with Crippen molar-refractivity contribution in [3.8, 4) is 0 Å². The Labute approximate surface area is 81.4 Å². The van der Waals surface area contributed by atoms with Gasteiger partial charge in [-0.3, -0.25) is 4.79 Å². The van der Waals surface area contributed by atoms with Gasteiger partial charge in [-0.25, -0.2) is 4.39 Å². The van der Waals surface area contributed by atoms with Crippen molar-refractivity contribution in [2.24, 2.45) is 5.92 Å². The molecule has 0 bridgehead atoms. The van der Waals surface area contributed by atoms with Crippen molar-refractivity contribution >= 4 is 5.97 Å². The Balaban J connectivity index is 2.23. The van der Waals surface area contributed by atoms with E-state index in [-0.39, 0.29) is 17.7 Å². The maximum absolute atomic E-state index is 12.8. The largest absolute Gasteiger partial charge is 0.481 e. The van der Waals surface area contributed by atoms with Crippen LogP contribution in [0.15, 0.2) is 18.2 Å². The number of aryl methyl sites for hydroxylation is 1. The van der Waals surface area contributed by atoms with Crippen molar-refractivity contribution in [2.75, 3.05) is 0 Å². The maximum atomic E-state index is 12.8. The van der Waals surface area contributed by atoms with Crippen LogP contribution in [0.2, 0.25) is 0 Å². The SMILES string of the molecule is Cc1cc(F)ccc1C1CC1C(=O)O. The summed E-state index contributed by atoms with van der Waals surface area (Å²) in [6.45, 7) is 1.82. The van der Waals surface area contributed by atoms with Crippen molar-refractivity contribution in [1.82, 2.24) is 0 Å². The van der Waals surface area contributed by atoms with Crippen LogP contribution in [0.3, 0.4) is 0 Å². The van der Waals surface area contributed by atoms with E-state index in [4.69, 9.17) is 5.11 Å². The number of aliphatic carboxylic acids is 1. The molecule has 1 aromatic carbocycles. The minimum atomic E-state index is -0.751. The van der Waals surface area contributed by atoms with Crippen molar-refractivity contribution < 1.29 is 14.3 Å². The Morgan fingerprint density at radius 3 is 2.79 bits per heavy atom. The van der Waals surface area contributed by atoms with Gasteiger partial charge in [-0.05, 0) is 42.5 Å². The second kappa shape index (κ2) is 3.08. The first-order valence-corrected chi connectivity index (χ1v) is 4.58. The summed E-state index contributed by atoms with van der Waals surface area (Å²) in [5.74, 6) is -1.19. The molecule has 0 saturated heterocycles. The fourth-order valence-corrected chi connectivity index (χ4v) is 1.87. The Bertz CT molecular complexity index is 387. The lowest BCUT2D eigenvalue weighted by Gasteiger charge is -2.03. The van der Waals surface area contributed by atoms with E-state index in [1.165, 1.54) is 12.1 Å². The highest BCUT2D eigenvalue weighted by atomic mass is 19.1. The van der Waals surface area contributed by atoms with Gasteiger partial charge in [-0.15, -0.1) is 0 Å². The van der Waals surface area contributed by atoms with E-state index in [0.29, 0.717) is 6.42 Å². The number of rotatable bonds is 2. The van der Waals surface area contributed by atoms with Crippen molar-refractivity contribution in [3.63, 3.8) is 0 Å². The van der Waals surface area contributed by atoms with Gasteiger partial charge in [-0.1, -0.05) is 6.07 Å². The minimum Gasteiger partial charge on any atom is -0.481 e. The number of hydrogen-bond donors (Lipinski definition) is 1. The molecule has 1 aromatic rings. The third-order valence-electron chi connectivity index (χ3n) is 2.74. The zero-order chi connectivity index (χ0) is 10.3. The summed E-state index contributed by atoms with van der Waals surface area (Å²) in [7, 11) is 0. The molecular formula is C11H11FO2. The normalized spacial score (nSPS) is 24.7. The van der Waals surface area contributed by atoms with Crippen LogP contribution in [0.25, 0.3) is 0 Å². The maximum Gasteiger partial charge on any atom is 0.307 e. The van der Waals surface area contributed by atoms with Gasteiger partial charge in [-0.2, -0.15) is 0 Å². The van der Waals surface area contributed by atoms with Gasteiger partial charge in [0.05, 0.1) is 5.92 Å². The second-order valence-electron chi connectivity index (χ2n) is 3.79. The van der Waals surface area contributed by atoms with E-state index in [1.54, 1.807) is 6.07 Å². The summed E-state index contributed by atoms with van der Waals surface area (Å²) in [6.07, 6.45) is 0.682. The number of benzene rings is 1. The number of carbonyl (C=O) groups is 1. The van der Waals surface area contributed by atoms with Crippen LogP contribution in [0.4, 0.5) is 4.39 Å². The summed E-state index contributed by atoms with van der Waals surface area (Å²) in [4.78, 5) is 10.6. The van der Waals surface area contributed by atoms with Gasteiger partial charge < -0.3 is 5.11 Å². The highest BCUT2D eigenvalue weighted by Gasteiger charge is 2.44. The van der Waals surface area contributed by atoms with Crippen LogP contribution in [0.5, 0.6) is 0 Å². The van der Waals surface area contributed by atoms with E-state index in [2.05, 4.69) is 0 Å². The minimum absolute atomic E-state index is 0.0908. The van der Waals surface area contributed by atoms with Crippen LogP contribution >= 0.6 is 0 Å². The Hall–Kier alpha value is -1.38. The first kappa shape index (κ1) is 9.19. The standard InChI is InChI=1S/C11H11FO2/c1-6-4-7(12)2-3-8(6)9-5-10(9)11(13)14/h2-4,9-10H,5H2,1H3,(H,13,14). The number of hydrogen-bond acceptors (Lipinski definition) is 1. The molecule has 14 heavy (non-hydrogen) atoms. The van der Waals surface area contributed by atoms with E-state index < -0.39 is 5.97 Å². The molecule has 2 unspecified atom stereocenters. The van der Waals surface area contributed by atoms with E-state index >= 15 is 0 Å². The summed E-state index contributed by atoms with van der Waals surface area (Å²) in [6, 6.07) is 4.53. The van der Waals surface area contributed by atoms with E-state index in [9.17, 15) is 9.18 Å². The molecule has 0 amide bonds. The van der Waals surface area contributed by atoms with Gasteiger partial charge in [0.15, 0.2) is 0 Å². The second-order valence-corrected chi connectivity index (χ2v) is 3.79. The molecule has 2 nitrogen and oxygen atoms in total. The summed E-state index contributed by atoms with van der Waals surface area (Å²) >= 11 is 0. The number of carboxylic acid groups (broad SMARTS) is 1. The fraction of sp³-hybridized carbons (Fsp3) is 0.364. The van der Waals surface area contributed by atoms with Gasteiger partial charge >= 0.3 is 5.97 Å². The van der Waals surface area contributed by atoms with Crippen molar-refractivity contribution in [3.05, 3.63) is 35.1 Å². The monoisotopic (exact) mass is 194 g/mol. The molecule has 0 radical (unpaired) electrons. The molecule has 0 spiro atoms. The predicted octanol–water partition coefficient (Wildman–Crippen LogP) is 2.32. The lowest BCUT2D eigenvalue weighted by molar-refractivity contribution is -0.138. The molecule has 1 aliphatic rings. The lowest BCUT2D eigenvalue weighted by atomic mass is 10.0. The molecule has 1 N–H and O–H groups in total. The van der Waals surface area contributed by atoms with Gasteiger partial charge in [0.25, 0.3) is 0 Å². The summed E-state index contributed by atoms with van der Waals surface area (Å²) < 4.78 is 12.8. The molecule has 1 aliphatic carbocycles.